The SMILES string of the molecule is Cc1cc(C(C)(C)c2cc(C(C)(C)C)cc(C(C)(C)c3ccc(O)c(C)c3)c2)ccc1O. The van der Waals surface area contributed by atoms with Crippen molar-refractivity contribution >= 4 is 0 Å². The molecular weight excluding hydrogens is 392 g/mol. The van der Waals surface area contributed by atoms with E-state index in [2.05, 4.69) is 78.8 Å². The van der Waals surface area contributed by atoms with Gasteiger partial charge in [-0.1, -0.05) is 90.9 Å². The normalized spacial score (nSPS) is 12.8. The van der Waals surface area contributed by atoms with Gasteiger partial charge in [-0.3, -0.25) is 0 Å². The Morgan fingerprint density at radius 2 is 0.812 bits per heavy atom. The van der Waals surface area contributed by atoms with Crippen molar-refractivity contribution in [2.24, 2.45) is 0 Å². The van der Waals surface area contributed by atoms with Gasteiger partial charge >= 0.3 is 0 Å². The molecule has 3 aromatic rings. The monoisotopic (exact) mass is 430 g/mol. The lowest BCUT2D eigenvalue weighted by molar-refractivity contribution is 0.469. The van der Waals surface area contributed by atoms with E-state index in [0.717, 1.165) is 11.1 Å². The predicted octanol–water partition coefficient (Wildman–Crippen LogP) is 7.66. The number of benzene rings is 3. The molecule has 0 heterocycles. The highest BCUT2D eigenvalue weighted by atomic mass is 16.3. The summed E-state index contributed by atoms with van der Waals surface area (Å²) >= 11 is 0. The average molecular weight is 431 g/mol. The van der Waals surface area contributed by atoms with Gasteiger partial charge in [0.1, 0.15) is 11.5 Å². The van der Waals surface area contributed by atoms with E-state index in [1.54, 1.807) is 12.1 Å². The molecule has 0 saturated carbocycles. The first kappa shape index (κ1) is 23.9. The third kappa shape index (κ3) is 4.41. The zero-order valence-corrected chi connectivity index (χ0v) is 21.1. The van der Waals surface area contributed by atoms with Crippen LogP contribution in [-0.4, -0.2) is 10.2 Å². The van der Waals surface area contributed by atoms with Crippen LogP contribution in [0.5, 0.6) is 11.5 Å². The summed E-state index contributed by atoms with van der Waals surface area (Å²) < 4.78 is 0. The van der Waals surface area contributed by atoms with Crippen LogP contribution in [0.25, 0.3) is 0 Å². The number of aromatic hydroxyl groups is 2. The lowest BCUT2D eigenvalue weighted by Crippen LogP contribution is -2.25. The second-order valence-electron chi connectivity index (χ2n) is 11.3. The molecule has 0 radical (unpaired) electrons. The highest BCUT2D eigenvalue weighted by molar-refractivity contribution is 5.50. The van der Waals surface area contributed by atoms with Crippen molar-refractivity contribution in [1.29, 1.82) is 0 Å². The molecule has 2 N–H and O–H groups in total. The van der Waals surface area contributed by atoms with Gasteiger partial charge < -0.3 is 10.2 Å². The van der Waals surface area contributed by atoms with Gasteiger partial charge in [0.15, 0.2) is 0 Å². The van der Waals surface area contributed by atoms with Crippen LogP contribution < -0.4 is 0 Å². The van der Waals surface area contributed by atoms with Gasteiger partial charge in [-0.05, 0) is 70.3 Å². The Labute approximate surface area is 194 Å². The van der Waals surface area contributed by atoms with Gasteiger partial charge in [0.25, 0.3) is 0 Å². The second kappa shape index (κ2) is 7.99. The van der Waals surface area contributed by atoms with Crippen molar-refractivity contribution in [2.75, 3.05) is 0 Å². The Bertz CT molecular complexity index is 1060. The molecule has 0 amide bonds. The largest absolute Gasteiger partial charge is 0.508 e. The summed E-state index contributed by atoms with van der Waals surface area (Å²) in [5.41, 5.74) is 7.52. The maximum Gasteiger partial charge on any atom is 0.118 e. The third-order valence-corrected chi connectivity index (χ3v) is 7.08. The topological polar surface area (TPSA) is 40.5 Å². The summed E-state index contributed by atoms with van der Waals surface area (Å²) in [5, 5.41) is 20.1. The Morgan fingerprint density at radius 1 is 0.469 bits per heavy atom. The maximum atomic E-state index is 10.0. The minimum Gasteiger partial charge on any atom is -0.508 e. The molecule has 3 aromatic carbocycles. The molecule has 0 saturated heterocycles. The molecule has 0 bridgehead atoms. The molecule has 0 unspecified atom stereocenters. The fourth-order valence-corrected chi connectivity index (χ4v) is 4.20. The smallest absolute Gasteiger partial charge is 0.118 e. The van der Waals surface area contributed by atoms with Gasteiger partial charge in [-0.15, -0.1) is 0 Å². The highest BCUT2D eigenvalue weighted by Crippen LogP contribution is 2.41. The van der Waals surface area contributed by atoms with Crippen LogP contribution in [0.1, 0.15) is 87.4 Å². The lowest BCUT2D eigenvalue weighted by atomic mass is 9.70. The number of rotatable bonds is 4. The summed E-state index contributed by atoms with van der Waals surface area (Å²) in [6.07, 6.45) is 0. The van der Waals surface area contributed by atoms with Crippen LogP contribution in [0.15, 0.2) is 54.6 Å². The van der Waals surface area contributed by atoms with Crippen LogP contribution in [0, 0.1) is 13.8 Å². The Kier molecular flexibility index (Phi) is 5.97. The van der Waals surface area contributed by atoms with E-state index in [1.165, 1.54) is 27.8 Å². The van der Waals surface area contributed by atoms with Crippen LogP contribution in [0.2, 0.25) is 0 Å². The first-order valence-electron chi connectivity index (χ1n) is 11.4. The fraction of sp³-hybridized carbons (Fsp3) is 0.400. The van der Waals surface area contributed by atoms with Gasteiger partial charge in [-0.25, -0.2) is 0 Å². The van der Waals surface area contributed by atoms with Gasteiger partial charge in [0.2, 0.25) is 0 Å². The number of phenolic OH excluding ortho intramolecular Hbond substituents is 2. The summed E-state index contributed by atoms with van der Waals surface area (Å²) in [7, 11) is 0. The van der Waals surface area contributed by atoms with E-state index >= 15 is 0 Å². The zero-order valence-electron chi connectivity index (χ0n) is 21.1. The van der Waals surface area contributed by atoms with Gasteiger partial charge in [0.05, 0.1) is 0 Å². The maximum absolute atomic E-state index is 10.0. The lowest BCUT2D eigenvalue weighted by Gasteiger charge is -2.34. The van der Waals surface area contributed by atoms with Gasteiger partial charge in [0, 0.05) is 10.8 Å². The van der Waals surface area contributed by atoms with Crippen molar-refractivity contribution in [2.45, 2.75) is 78.6 Å². The summed E-state index contributed by atoms with van der Waals surface area (Å²) in [4.78, 5) is 0. The first-order chi connectivity index (χ1) is 14.6. The Morgan fingerprint density at radius 3 is 1.12 bits per heavy atom. The predicted molar refractivity (Wildman–Crippen MR) is 135 cm³/mol. The number of phenols is 2. The minimum atomic E-state index is -0.227. The zero-order chi connectivity index (χ0) is 24.1. The molecule has 0 aromatic heterocycles. The third-order valence-electron chi connectivity index (χ3n) is 7.08. The van der Waals surface area contributed by atoms with Crippen LogP contribution >= 0.6 is 0 Å². The molecule has 0 fully saturated rings. The van der Waals surface area contributed by atoms with E-state index in [-0.39, 0.29) is 16.2 Å². The molecule has 0 aliphatic rings. The highest BCUT2D eigenvalue weighted by Gasteiger charge is 2.31. The number of aryl methyl sites for hydroxylation is 2. The molecule has 3 rings (SSSR count). The molecule has 170 valence electrons. The van der Waals surface area contributed by atoms with E-state index in [4.69, 9.17) is 0 Å². The van der Waals surface area contributed by atoms with E-state index in [9.17, 15) is 10.2 Å². The van der Waals surface area contributed by atoms with E-state index in [1.807, 2.05) is 26.0 Å². The quantitative estimate of drug-likeness (QED) is 0.446. The summed E-state index contributed by atoms with van der Waals surface area (Å²) in [6, 6.07) is 18.8. The standard InChI is InChI=1S/C30H38O2/c1-19-14-21(10-12-26(19)31)29(6,7)24-16-23(28(3,4)5)17-25(18-24)30(8,9)22-11-13-27(32)20(2)15-22/h10-18,31-32H,1-9H3. The Balaban J connectivity index is 2.23. The van der Waals surface area contributed by atoms with Crippen molar-refractivity contribution in [3.63, 3.8) is 0 Å². The molecule has 0 aliphatic heterocycles. The number of hydrogen-bond acceptors (Lipinski definition) is 2. The van der Waals surface area contributed by atoms with Crippen molar-refractivity contribution < 1.29 is 10.2 Å². The van der Waals surface area contributed by atoms with E-state index < -0.39 is 0 Å². The van der Waals surface area contributed by atoms with Gasteiger partial charge in [-0.2, -0.15) is 0 Å². The molecule has 2 heteroatoms. The first-order valence-corrected chi connectivity index (χ1v) is 11.4. The molecule has 32 heavy (non-hydrogen) atoms. The molecule has 0 aliphatic carbocycles. The fourth-order valence-electron chi connectivity index (χ4n) is 4.20. The van der Waals surface area contributed by atoms with E-state index in [0.29, 0.717) is 11.5 Å². The second-order valence-corrected chi connectivity index (χ2v) is 11.3. The molecule has 0 spiro atoms. The summed E-state index contributed by atoms with van der Waals surface area (Å²) in [6.45, 7) is 19.7. The van der Waals surface area contributed by atoms with Crippen LogP contribution in [0.3, 0.4) is 0 Å². The van der Waals surface area contributed by atoms with Crippen LogP contribution in [0.4, 0.5) is 0 Å². The molecular formula is C30H38O2. The minimum absolute atomic E-state index is 0.00661. The van der Waals surface area contributed by atoms with Crippen LogP contribution in [-0.2, 0) is 16.2 Å². The number of hydrogen-bond donors (Lipinski definition) is 2. The Hall–Kier alpha value is -2.74. The summed E-state index contributed by atoms with van der Waals surface area (Å²) in [5.74, 6) is 0.662. The van der Waals surface area contributed by atoms with Crippen molar-refractivity contribution in [1.82, 2.24) is 0 Å². The molecule has 2 nitrogen and oxygen atoms in total. The average Bonchev–Trinajstić information content (AvgIpc) is 2.70. The molecule has 0 atom stereocenters. The van der Waals surface area contributed by atoms with Crippen molar-refractivity contribution in [3.8, 4) is 11.5 Å². The van der Waals surface area contributed by atoms with Crippen molar-refractivity contribution in [3.05, 3.63) is 93.5 Å².